The SMILES string of the molecule is c1csc(C(NC2CCN3CCCC3C2)C2CC2)c1. The van der Waals surface area contributed by atoms with Crippen LogP contribution in [0.4, 0.5) is 0 Å². The standard InChI is InChI=1S/C16H24N2S/c1-3-14-11-13(7-9-18(14)8-1)17-16(12-5-6-12)15-4-2-10-19-15/h2,4,10,12-14,16-17H,1,3,5-9,11H2. The van der Waals surface area contributed by atoms with Gasteiger partial charge >= 0.3 is 0 Å². The third kappa shape index (κ3) is 2.61. The molecule has 1 aromatic heterocycles. The van der Waals surface area contributed by atoms with E-state index in [1.54, 1.807) is 4.88 Å². The van der Waals surface area contributed by atoms with Crippen LogP contribution in [0.5, 0.6) is 0 Å². The van der Waals surface area contributed by atoms with Crippen LogP contribution in [0.1, 0.15) is 49.4 Å². The van der Waals surface area contributed by atoms with Crippen LogP contribution >= 0.6 is 11.3 Å². The molecule has 2 aliphatic heterocycles. The Balaban J connectivity index is 1.42. The molecule has 1 aliphatic carbocycles. The minimum Gasteiger partial charge on any atom is -0.306 e. The molecule has 0 amide bonds. The molecular formula is C16H24N2S. The predicted octanol–water partition coefficient (Wildman–Crippen LogP) is 3.42. The topological polar surface area (TPSA) is 15.3 Å². The van der Waals surface area contributed by atoms with E-state index < -0.39 is 0 Å². The number of hydrogen-bond donors (Lipinski definition) is 1. The van der Waals surface area contributed by atoms with E-state index in [0.29, 0.717) is 6.04 Å². The van der Waals surface area contributed by atoms with Gasteiger partial charge in [-0.1, -0.05) is 6.07 Å². The van der Waals surface area contributed by atoms with Gasteiger partial charge < -0.3 is 10.2 Å². The molecule has 104 valence electrons. The maximum atomic E-state index is 4.02. The molecule has 0 spiro atoms. The van der Waals surface area contributed by atoms with Crippen molar-refractivity contribution in [2.45, 2.75) is 56.7 Å². The van der Waals surface area contributed by atoms with Crippen molar-refractivity contribution in [2.75, 3.05) is 13.1 Å². The van der Waals surface area contributed by atoms with Gasteiger partial charge in [-0.05, 0) is 69.0 Å². The van der Waals surface area contributed by atoms with Crippen LogP contribution in [0, 0.1) is 5.92 Å². The lowest BCUT2D eigenvalue weighted by molar-refractivity contribution is 0.159. The van der Waals surface area contributed by atoms with Crippen LogP contribution in [0.2, 0.25) is 0 Å². The zero-order valence-electron chi connectivity index (χ0n) is 11.6. The minimum atomic E-state index is 0.651. The lowest BCUT2D eigenvalue weighted by atomic mass is 9.96. The molecular weight excluding hydrogens is 252 g/mol. The van der Waals surface area contributed by atoms with E-state index in [1.807, 2.05) is 11.3 Å². The Bertz CT molecular complexity index is 412. The predicted molar refractivity (Wildman–Crippen MR) is 80.5 cm³/mol. The molecule has 19 heavy (non-hydrogen) atoms. The van der Waals surface area contributed by atoms with Gasteiger partial charge in [-0.3, -0.25) is 0 Å². The highest BCUT2D eigenvalue weighted by Crippen LogP contribution is 2.43. The first kappa shape index (κ1) is 12.4. The Morgan fingerprint density at radius 1 is 1.21 bits per heavy atom. The highest BCUT2D eigenvalue weighted by molar-refractivity contribution is 7.10. The van der Waals surface area contributed by atoms with Gasteiger partial charge in [0.25, 0.3) is 0 Å². The lowest BCUT2D eigenvalue weighted by Gasteiger charge is -2.37. The Labute approximate surface area is 120 Å². The van der Waals surface area contributed by atoms with E-state index in [9.17, 15) is 0 Å². The second-order valence-corrected chi connectivity index (χ2v) is 7.53. The number of fused-ring (bicyclic) bond motifs is 1. The summed E-state index contributed by atoms with van der Waals surface area (Å²) in [6.45, 7) is 2.68. The van der Waals surface area contributed by atoms with E-state index in [1.165, 1.54) is 51.6 Å². The van der Waals surface area contributed by atoms with Gasteiger partial charge in [-0.2, -0.15) is 0 Å². The maximum absolute atomic E-state index is 4.02. The molecule has 0 bridgehead atoms. The van der Waals surface area contributed by atoms with Crippen LogP contribution in [-0.4, -0.2) is 30.1 Å². The van der Waals surface area contributed by atoms with Crippen molar-refractivity contribution < 1.29 is 0 Å². The Morgan fingerprint density at radius 2 is 2.16 bits per heavy atom. The van der Waals surface area contributed by atoms with Gasteiger partial charge in [0.05, 0.1) is 0 Å². The largest absolute Gasteiger partial charge is 0.306 e. The number of thiophene rings is 1. The highest BCUT2D eigenvalue weighted by atomic mass is 32.1. The molecule has 3 unspecified atom stereocenters. The van der Waals surface area contributed by atoms with Crippen LogP contribution in [-0.2, 0) is 0 Å². The van der Waals surface area contributed by atoms with Gasteiger partial charge in [0.1, 0.15) is 0 Å². The van der Waals surface area contributed by atoms with Crippen molar-refractivity contribution >= 4 is 11.3 Å². The van der Waals surface area contributed by atoms with E-state index >= 15 is 0 Å². The molecule has 0 aromatic carbocycles. The van der Waals surface area contributed by atoms with E-state index in [0.717, 1.165) is 18.0 Å². The van der Waals surface area contributed by atoms with Gasteiger partial charge in [0, 0.05) is 23.0 Å². The van der Waals surface area contributed by atoms with Crippen LogP contribution < -0.4 is 5.32 Å². The molecule has 2 saturated heterocycles. The summed E-state index contributed by atoms with van der Waals surface area (Å²) in [6.07, 6.45) is 8.45. The van der Waals surface area contributed by atoms with Gasteiger partial charge in [0.15, 0.2) is 0 Å². The summed E-state index contributed by atoms with van der Waals surface area (Å²) in [5, 5.41) is 6.24. The van der Waals surface area contributed by atoms with Crippen LogP contribution in [0.15, 0.2) is 17.5 Å². The fraction of sp³-hybridized carbons (Fsp3) is 0.750. The molecule has 4 rings (SSSR count). The zero-order chi connectivity index (χ0) is 12.7. The summed E-state index contributed by atoms with van der Waals surface area (Å²) >= 11 is 1.93. The Morgan fingerprint density at radius 3 is 2.95 bits per heavy atom. The number of nitrogens with one attached hydrogen (secondary N) is 1. The van der Waals surface area contributed by atoms with Gasteiger partial charge in [0.2, 0.25) is 0 Å². The minimum absolute atomic E-state index is 0.651. The average molecular weight is 276 g/mol. The number of rotatable bonds is 4. The van der Waals surface area contributed by atoms with Crippen molar-refractivity contribution in [3.8, 4) is 0 Å². The molecule has 1 saturated carbocycles. The number of nitrogens with zero attached hydrogens (tertiary/aromatic N) is 1. The summed E-state index contributed by atoms with van der Waals surface area (Å²) in [7, 11) is 0. The molecule has 1 N–H and O–H groups in total. The molecule has 3 aliphatic rings. The monoisotopic (exact) mass is 276 g/mol. The van der Waals surface area contributed by atoms with Gasteiger partial charge in [-0.15, -0.1) is 11.3 Å². The van der Waals surface area contributed by atoms with Crippen molar-refractivity contribution in [2.24, 2.45) is 5.92 Å². The summed E-state index contributed by atoms with van der Waals surface area (Å²) in [6, 6.07) is 6.82. The molecule has 3 heterocycles. The quantitative estimate of drug-likeness (QED) is 0.906. The third-order valence-electron chi connectivity index (χ3n) is 5.18. The summed E-state index contributed by atoms with van der Waals surface area (Å²) in [4.78, 5) is 4.28. The van der Waals surface area contributed by atoms with E-state index in [4.69, 9.17) is 0 Å². The second kappa shape index (κ2) is 5.19. The zero-order valence-corrected chi connectivity index (χ0v) is 12.4. The van der Waals surface area contributed by atoms with Crippen molar-refractivity contribution in [3.63, 3.8) is 0 Å². The molecule has 1 aromatic rings. The fourth-order valence-corrected chi connectivity index (χ4v) is 4.86. The number of hydrogen-bond acceptors (Lipinski definition) is 3. The number of piperidine rings is 1. The molecule has 2 nitrogen and oxygen atoms in total. The molecule has 3 atom stereocenters. The second-order valence-electron chi connectivity index (χ2n) is 6.55. The summed E-state index contributed by atoms with van der Waals surface area (Å²) in [5.41, 5.74) is 0. The maximum Gasteiger partial charge on any atom is 0.0445 e. The Kier molecular flexibility index (Phi) is 3.38. The van der Waals surface area contributed by atoms with Crippen molar-refractivity contribution in [1.82, 2.24) is 10.2 Å². The summed E-state index contributed by atoms with van der Waals surface area (Å²) in [5.74, 6) is 0.917. The van der Waals surface area contributed by atoms with Crippen molar-refractivity contribution in [1.29, 1.82) is 0 Å². The normalized spacial score (nSPS) is 33.3. The van der Waals surface area contributed by atoms with Gasteiger partial charge in [-0.25, -0.2) is 0 Å². The highest BCUT2D eigenvalue weighted by Gasteiger charge is 2.37. The van der Waals surface area contributed by atoms with Crippen molar-refractivity contribution in [3.05, 3.63) is 22.4 Å². The first-order valence-electron chi connectivity index (χ1n) is 7.93. The first-order valence-corrected chi connectivity index (χ1v) is 8.81. The first-order chi connectivity index (χ1) is 9.40. The summed E-state index contributed by atoms with van der Waals surface area (Å²) < 4.78 is 0. The fourth-order valence-electron chi connectivity index (χ4n) is 3.98. The third-order valence-corrected chi connectivity index (χ3v) is 6.13. The Hall–Kier alpha value is -0.380. The average Bonchev–Trinajstić information content (AvgIpc) is 2.93. The van der Waals surface area contributed by atoms with Crippen LogP contribution in [0.25, 0.3) is 0 Å². The molecule has 3 heteroatoms. The van der Waals surface area contributed by atoms with Crippen LogP contribution in [0.3, 0.4) is 0 Å². The molecule has 3 fully saturated rings. The smallest absolute Gasteiger partial charge is 0.0445 e. The van der Waals surface area contributed by atoms with E-state index in [2.05, 4.69) is 27.7 Å². The lowest BCUT2D eigenvalue weighted by Crippen LogP contribution is -2.46. The van der Waals surface area contributed by atoms with E-state index in [-0.39, 0.29) is 0 Å². The molecule has 0 radical (unpaired) electrons.